The van der Waals surface area contributed by atoms with Crippen LogP contribution >= 0.6 is 24.0 Å². The van der Waals surface area contributed by atoms with Crippen LogP contribution in [0.25, 0.3) is 11.3 Å². The van der Waals surface area contributed by atoms with Gasteiger partial charge in [-0.3, -0.25) is 9.59 Å². The average Bonchev–Trinajstić information content (AvgIpc) is 4.09. The molecule has 1 atom stereocenters. The maximum absolute atomic E-state index is 11.3. The molecule has 0 radical (unpaired) electrons. The van der Waals surface area contributed by atoms with Crippen LogP contribution in [0.5, 0.6) is 23.3 Å². The van der Waals surface area contributed by atoms with Crippen LogP contribution in [0.2, 0.25) is 5.15 Å². The average molecular weight is 855 g/mol. The summed E-state index contributed by atoms with van der Waals surface area (Å²) >= 11 is 5.99. The number of aliphatic carboxylic acids is 1. The van der Waals surface area contributed by atoms with Crippen molar-refractivity contribution in [1.29, 1.82) is 0 Å². The molecule has 3 N–H and O–H groups in total. The van der Waals surface area contributed by atoms with Gasteiger partial charge in [-0.25, -0.2) is 19.0 Å². The first-order valence-electron chi connectivity index (χ1n) is 18.3. The number of halogens is 2. The van der Waals surface area contributed by atoms with E-state index < -0.39 is 5.97 Å². The molecule has 2 aliphatic rings. The number of anilines is 5. The van der Waals surface area contributed by atoms with Gasteiger partial charge in [-0.2, -0.15) is 15.1 Å². The van der Waals surface area contributed by atoms with Gasteiger partial charge in [0.1, 0.15) is 11.6 Å². The van der Waals surface area contributed by atoms with E-state index in [1.165, 1.54) is 34.2 Å². The molecule has 1 saturated carbocycles. The Hall–Kier alpha value is -6.34. The van der Waals surface area contributed by atoms with Crippen LogP contribution in [0.1, 0.15) is 32.1 Å². The lowest BCUT2D eigenvalue weighted by molar-refractivity contribution is -0.145. The van der Waals surface area contributed by atoms with Gasteiger partial charge in [0.15, 0.2) is 33.8 Å². The Kier molecular flexibility index (Phi) is 15.1. The number of carboxylic acid groups (broad SMARTS) is 1. The molecule has 1 aliphatic heterocycles. The molecule has 19 nitrogen and oxygen atoms in total. The summed E-state index contributed by atoms with van der Waals surface area (Å²) < 4.78 is 28.6. The molecule has 1 saturated heterocycles. The molecular formula is C38H45Cl2N11O8. The van der Waals surface area contributed by atoms with Gasteiger partial charge >= 0.3 is 11.9 Å². The molecule has 21 heteroatoms. The van der Waals surface area contributed by atoms with E-state index in [1.807, 2.05) is 11.0 Å². The molecule has 0 spiro atoms. The predicted molar refractivity (Wildman–Crippen MR) is 221 cm³/mol. The third-order valence-corrected chi connectivity index (χ3v) is 9.61. The third kappa shape index (κ3) is 10.6. The quantitative estimate of drug-likeness (QED) is 0.125. The Morgan fingerprint density at radius 3 is 1.78 bits per heavy atom. The van der Waals surface area contributed by atoms with Gasteiger partial charge in [0.25, 0.3) is 11.8 Å². The number of esters is 1. The first kappa shape index (κ1) is 43.8. The summed E-state index contributed by atoms with van der Waals surface area (Å²) in [5, 5.41) is 24.7. The number of nitrogens with one attached hydrogen (secondary N) is 2. The van der Waals surface area contributed by atoms with Gasteiger partial charge in [0.05, 0.1) is 58.8 Å². The highest BCUT2D eigenvalue weighted by Gasteiger charge is 2.29. The maximum atomic E-state index is 11.3. The first-order chi connectivity index (χ1) is 28.1. The first-order valence-corrected chi connectivity index (χ1v) is 18.6. The van der Waals surface area contributed by atoms with Crippen molar-refractivity contribution in [2.24, 2.45) is 11.8 Å². The third-order valence-electron chi connectivity index (χ3n) is 9.43. The van der Waals surface area contributed by atoms with Crippen LogP contribution in [0.3, 0.4) is 0 Å². The van der Waals surface area contributed by atoms with Crippen molar-refractivity contribution in [1.82, 2.24) is 39.2 Å². The van der Waals surface area contributed by atoms with Crippen LogP contribution in [0.15, 0.2) is 61.2 Å². The summed E-state index contributed by atoms with van der Waals surface area (Å²) in [6.45, 7) is 1.06. The standard InChI is InChI=1S/C18H20N6O4.C13H12ClN5O2.C7H12O2.ClH/c1-27-13-3-4-14(21-17(13)28-2)20-12-9-15(22-24-8-6-19-16(12)24)23-7-5-11(10-23)18(25)26;1-20-9-3-4-11(17-13(9)21-2)16-8-7-10(14)18-19-6-5-15-12(8)19;1-9-7(8)6-4-2-3-5-6;/h3-4,6,8-9,11H,5,7,10H2,1-2H3,(H,20,21)(H,25,26);3-7H,1-2H3,(H,16,17);6H,2-5H2,1H3;1H. The number of ether oxygens (including phenoxy) is 5. The van der Waals surface area contributed by atoms with Crippen molar-refractivity contribution in [2.45, 2.75) is 32.1 Å². The summed E-state index contributed by atoms with van der Waals surface area (Å²) in [5.41, 5.74) is 2.68. The summed E-state index contributed by atoms with van der Waals surface area (Å²) in [6.07, 6.45) is 11.8. The van der Waals surface area contributed by atoms with Crippen LogP contribution in [0, 0.1) is 11.8 Å². The summed E-state index contributed by atoms with van der Waals surface area (Å²) in [5.74, 6) is 2.70. The highest BCUT2D eigenvalue weighted by Crippen LogP contribution is 2.32. The van der Waals surface area contributed by atoms with Crippen molar-refractivity contribution < 1.29 is 38.4 Å². The molecule has 0 amide bonds. The highest BCUT2D eigenvalue weighted by atomic mass is 35.5. The lowest BCUT2D eigenvalue weighted by Gasteiger charge is -2.18. The fourth-order valence-electron chi connectivity index (χ4n) is 6.50. The molecule has 7 heterocycles. The number of methoxy groups -OCH3 is 5. The number of aromatic nitrogens is 8. The maximum Gasteiger partial charge on any atom is 0.308 e. The minimum Gasteiger partial charge on any atom is -0.491 e. The number of hydrogen-bond donors (Lipinski definition) is 3. The van der Waals surface area contributed by atoms with Crippen molar-refractivity contribution in [3.8, 4) is 23.3 Å². The van der Waals surface area contributed by atoms with E-state index in [0.717, 1.165) is 12.8 Å². The molecule has 1 unspecified atom stereocenters. The second-order valence-electron chi connectivity index (χ2n) is 13.0. The summed E-state index contributed by atoms with van der Waals surface area (Å²) in [7, 11) is 7.63. The van der Waals surface area contributed by atoms with E-state index in [0.29, 0.717) is 88.0 Å². The van der Waals surface area contributed by atoms with Crippen LogP contribution < -0.4 is 34.5 Å². The smallest absolute Gasteiger partial charge is 0.308 e. The largest absolute Gasteiger partial charge is 0.491 e. The molecular weight excluding hydrogens is 809 g/mol. The Morgan fingerprint density at radius 2 is 1.29 bits per heavy atom. The lowest BCUT2D eigenvalue weighted by Crippen LogP contribution is -2.24. The number of imidazole rings is 2. The van der Waals surface area contributed by atoms with E-state index in [-0.39, 0.29) is 30.2 Å². The number of nitrogens with zero attached hydrogens (tertiary/aromatic N) is 9. The van der Waals surface area contributed by atoms with Crippen LogP contribution in [-0.2, 0) is 14.3 Å². The predicted octanol–water partition coefficient (Wildman–Crippen LogP) is 6.11. The second-order valence-corrected chi connectivity index (χ2v) is 13.4. The molecule has 0 aromatic carbocycles. The number of carbonyl (C=O) groups is 2. The molecule has 59 heavy (non-hydrogen) atoms. The topological polar surface area (TPSA) is 214 Å². The minimum absolute atomic E-state index is 0. The van der Waals surface area contributed by atoms with Gasteiger partial charge in [-0.15, -0.1) is 17.5 Å². The number of rotatable bonds is 11. The molecule has 6 aromatic heterocycles. The van der Waals surface area contributed by atoms with Crippen LogP contribution in [0.4, 0.5) is 28.8 Å². The number of fused-ring (bicyclic) bond motifs is 2. The zero-order chi connectivity index (χ0) is 41.2. The Bertz CT molecular complexity index is 2360. The van der Waals surface area contributed by atoms with E-state index in [9.17, 15) is 14.7 Å². The molecule has 1 aliphatic carbocycles. The molecule has 8 rings (SSSR count). The lowest BCUT2D eigenvalue weighted by atomic mass is 10.1. The van der Waals surface area contributed by atoms with Crippen molar-refractivity contribution in [2.75, 3.05) is 64.2 Å². The fraction of sp³-hybridized carbons (Fsp3) is 0.368. The van der Waals surface area contributed by atoms with E-state index >= 15 is 0 Å². The van der Waals surface area contributed by atoms with Gasteiger partial charge in [-0.1, -0.05) is 24.4 Å². The Balaban J connectivity index is 0.000000187. The molecule has 2 fully saturated rings. The SMILES string of the molecule is COC(=O)C1CCCC1.COc1ccc(Nc2cc(Cl)nn3ccnc23)nc1OC.COc1ccc(Nc2cc(N3CCC(C(=O)O)C3)nn3ccnc23)nc1OC.Cl. The monoisotopic (exact) mass is 853 g/mol. The molecule has 6 aromatic rings. The van der Waals surface area contributed by atoms with Gasteiger partial charge in [0.2, 0.25) is 0 Å². The highest BCUT2D eigenvalue weighted by molar-refractivity contribution is 6.29. The van der Waals surface area contributed by atoms with Crippen molar-refractivity contribution in [3.63, 3.8) is 0 Å². The molecule has 314 valence electrons. The fourth-order valence-corrected chi connectivity index (χ4v) is 6.69. The van der Waals surface area contributed by atoms with Gasteiger partial charge in [0, 0.05) is 50.0 Å². The summed E-state index contributed by atoms with van der Waals surface area (Å²) in [6, 6.07) is 10.6. The number of pyridine rings is 2. The zero-order valence-electron chi connectivity index (χ0n) is 33.0. The normalized spacial score (nSPS) is 14.6. The van der Waals surface area contributed by atoms with Gasteiger partial charge in [-0.05, 0) is 43.5 Å². The van der Waals surface area contributed by atoms with E-state index in [2.05, 4.69) is 45.5 Å². The van der Waals surface area contributed by atoms with Crippen LogP contribution in [-0.4, -0.2) is 105 Å². The van der Waals surface area contributed by atoms with Gasteiger partial charge < -0.3 is 44.3 Å². The Labute approximate surface area is 350 Å². The van der Waals surface area contributed by atoms with Crippen molar-refractivity contribution in [3.05, 3.63) is 66.3 Å². The number of carboxylic acids is 1. The number of carbonyl (C=O) groups excluding carboxylic acids is 1. The number of hydrogen-bond acceptors (Lipinski definition) is 16. The molecule has 0 bridgehead atoms. The second kappa shape index (κ2) is 20.4. The van der Waals surface area contributed by atoms with Crippen molar-refractivity contribution >= 4 is 76.1 Å². The Morgan fingerprint density at radius 1 is 0.746 bits per heavy atom. The summed E-state index contributed by atoms with van der Waals surface area (Å²) in [4.78, 5) is 41.3. The van der Waals surface area contributed by atoms with E-state index in [4.69, 9.17) is 30.5 Å². The minimum atomic E-state index is -0.779. The van der Waals surface area contributed by atoms with E-state index in [1.54, 1.807) is 78.4 Å². The zero-order valence-corrected chi connectivity index (χ0v) is 34.6.